The van der Waals surface area contributed by atoms with Gasteiger partial charge in [0.25, 0.3) is 11.7 Å². The molecule has 3 aromatic rings. The van der Waals surface area contributed by atoms with E-state index in [0.29, 0.717) is 28.3 Å². The van der Waals surface area contributed by atoms with E-state index in [4.69, 9.17) is 4.74 Å². The van der Waals surface area contributed by atoms with Crippen LogP contribution in [0.2, 0.25) is 0 Å². The molecule has 8 heteroatoms. The van der Waals surface area contributed by atoms with Crippen molar-refractivity contribution < 1.29 is 24.2 Å². The number of anilines is 2. The molecule has 172 valence electrons. The monoisotopic (exact) mass is 520 g/mol. The van der Waals surface area contributed by atoms with Gasteiger partial charge in [-0.05, 0) is 48.0 Å². The number of nitrogens with one attached hydrogen (secondary N) is 1. The number of carbonyl (C=O) groups excluding carboxylic acids is 3. The third-order valence-electron chi connectivity index (χ3n) is 5.42. The van der Waals surface area contributed by atoms with Crippen molar-refractivity contribution in [3.05, 3.63) is 94.0 Å². The van der Waals surface area contributed by atoms with Gasteiger partial charge in [-0.2, -0.15) is 0 Å². The summed E-state index contributed by atoms with van der Waals surface area (Å²) in [6, 6.07) is 19.5. The maximum absolute atomic E-state index is 13.3. The van der Waals surface area contributed by atoms with E-state index in [-0.39, 0.29) is 17.2 Å². The van der Waals surface area contributed by atoms with E-state index in [1.165, 1.54) is 18.9 Å². The van der Waals surface area contributed by atoms with Crippen LogP contribution in [-0.2, 0) is 14.4 Å². The highest BCUT2D eigenvalue weighted by Crippen LogP contribution is 2.43. The lowest BCUT2D eigenvalue weighted by Gasteiger charge is -2.26. The molecule has 4 rings (SSSR count). The Bertz CT molecular complexity index is 1320. The van der Waals surface area contributed by atoms with Crippen LogP contribution in [0, 0.1) is 0 Å². The number of Topliss-reactive ketones (excluding diaryl/α,β-unsaturated/α-hetero) is 1. The normalized spacial score (nSPS) is 17.0. The Morgan fingerprint density at radius 2 is 1.74 bits per heavy atom. The first-order valence-electron chi connectivity index (χ1n) is 10.4. The molecule has 1 heterocycles. The second-order valence-corrected chi connectivity index (χ2v) is 8.60. The van der Waals surface area contributed by atoms with Gasteiger partial charge in [-0.25, -0.2) is 0 Å². The van der Waals surface area contributed by atoms with Crippen molar-refractivity contribution in [1.29, 1.82) is 0 Å². The number of amides is 2. The molecule has 0 spiro atoms. The number of ketones is 1. The Labute approximate surface area is 204 Å². The van der Waals surface area contributed by atoms with Crippen LogP contribution in [0.15, 0.2) is 82.8 Å². The van der Waals surface area contributed by atoms with E-state index in [1.807, 2.05) is 0 Å². The summed E-state index contributed by atoms with van der Waals surface area (Å²) in [4.78, 5) is 39.4. The minimum atomic E-state index is -0.911. The average Bonchev–Trinajstić information content (AvgIpc) is 3.09. The first-order chi connectivity index (χ1) is 16.3. The van der Waals surface area contributed by atoms with Gasteiger partial charge in [0.05, 0.1) is 18.7 Å². The number of aliphatic hydroxyl groups is 1. The largest absolute Gasteiger partial charge is 0.507 e. The second kappa shape index (κ2) is 9.52. The second-order valence-electron chi connectivity index (χ2n) is 7.68. The summed E-state index contributed by atoms with van der Waals surface area (Å²) in [5.41, 5.74) is 1.83. The standard InChI is InChI=1S/C26H21BrN2O5/c1-15(30)28-19-6-4-7-20(14-19)29-23(17-5-3-8-21(13-17)34-2)22(25(32)26(29)33)24(31)16-9-11-18(27)12-10-16/h3-14,23,31H,1-2H3,(H,28,30)/b24-22+. The van der Waals surface area contributed by atoms with Crippen LogP contribution in [0.1, 0.15) is 24.1 Å². The van der Waals surface area contributed by atoms with Gasteiger partial charge in [-0.3, -0.25) is 19.3 Å². The number of aliphatic hydroxyl groups excluding tert-OH is 1. The Balaban J connectivity index is 1.93. The molecule has 1 aliphatic heterocycles. The van der Waals surface area contributed by atoms with E-state index in [9.17, 15) is 19.5 Å². The summed E-state index contributed by atoms with van der Waals surface area (Å²) in [5.74, 6) is -1.60. The summed E-state index contributed by atoms with van der Waals surface area (Å²) in [6.45, 7) is 1.38. The molecule has 0 bridgehead atoms. The van der Waals surface area contributed by atoms with Crippen LogP contribution in [0.3, 0.4) is 0 Å². The van der Waals surface area contributed by atoms with E-state index in [1.54, 1.807) is 72.8 Å². The summed E-state index contributed by atoms with van der Waals surface area (Å²) >= 11 is 3.36. The number of halogens is 1. The van der Waals surface area contributed by atoms with Crippen molar-refractivity contribution in [3.63, 3.8) is 0 Å². The minimum absolute atomic E-state index is 0.0366. The smallest absolute Gasteiger partial charge is 0.300 e. The third kappa shape index (κ3) is 4.45. The van der Waals surface area contributed by atoms with Gasteiger partial charge in [0.2, 0.25) is 5.91 Å². The van der Waals surface area contributed by atoms with Gasteiger partial charge in [0, 0.05) is 28.3 Å². The zero-order valence-electron chi connectivity index (χ0n) is 18.4. The fourth-order valence-corrected chi connectivity index (χ4v) is 4.19. The zero-order valence-corrected chi connectivity index (χ0v) is 20.0. The zero-order chi connectivity index (χ0) is 24.4. The van der Waals surface area contributed by atoms with Crippen molar-refractivity contribution in [2.45, 2.75) is 13.0 Å². The number of nitrogens with zero attached hydrogens (tertiary/aromatic N) is 1. The van der Waals surface area contributed by atoms with Gasteiger partial charge in [-0.1, -0.05) is 46.3 Å². The number of hydrogen-bond donors (Lipinski definition) is 2. The molecule has 7 nitrogen and oxygen atoms in total. The molecule has 1 saturated heterocycles. The molecule has 1 aliphatic rings. The average molecular weight is 521 g/mol. The fourth-order valence-electron chi connectivity index (χ4n) is 3.93. The summed E-state index contributed by atoms with van der Waals surface area (Å²) in [5, 5.41) is 13.9. The van der Waals surface area contributed by atoms with Crippen LogP contribution in [0.5, 0.6) is 5.75 Å². The van der Waals surface area contributed by atoms with Crippen LogP contribution in [0.4, 0.5) is 11.4 Å². The Hall–Kier alpha value is -3.91. The van der Waals surface area contributed by atoms with Crippen molar-refractivity contribution in [1.82, 2.24) is 0 Å². The molecular formula is C26H21BrN2O5. The molecule has 2 N–H and O–H groups in total. The van der Waals surface area contributed by atoms with Crippen LogP contribution in [-0.4, -0.2) is 29.8 Å². The number of hydrogen-bond acceptors (Lipinski definition) is 5. The van der Waals surface area contributed by atoms with Crippen LogP contribution in [0.25, 0.3) is 5.76 Å². The molecule has 1 atom stereocenters. The Kier molecular flexibility index (Phi) is 6.51. The number of carbonyl (C=O) groups is 3. The van der Waals surface area contributed by atoms with Gasteiger partial charge < -0.3 is 15.2 Å². The quantitative estimate of drug-likeness (QED) is 0.279. The highest BCUT2D eigenvalue weighted by Gasteiger charge is 2.47. The highest BCUT2D eigenvalue weighted by molar-refractivity contribution is 9.10. The number of rotatable bonds is 5. The summed E-state index contributed by atoms with van der Waals surface area (Å²) < 4.78 is 6.15. The number of ether oxygens (including phenoxy) is 1. The highest BCUT2D eigenvalue weighted by atomic mass is 79.9. The first kappa shape index (κ1) is 23.3. The fraction of sp³-hybridized carbons (Fsp3) is 0.115. The first-order valence-corrected chi connectivity index (χ1v) is 11.2. The van der Waals surface area contributed by atoms with Gasteiger partial charge in [-0.15, -0.1) is 0 Å². The lowest BCUT2D eigenvalue weighted by Crippen LogP contribution is -2.29. The Morgan fingerprint density at radius 3 is 2.41 bits per heavy atom. The predicted molar refractivity (Wildman–Crippen MR) is 133 cm³/mol. The molecule has 0 aliphatic carbocycles. The summed E-state index contributed by atoms with van der Waals surface area (Å²) in [6.07, 6.45) is 0. The molecular weight excluding hydrogens is 500 g/mol. The molecule has 1 unspecified atom stereocenters. The van der Waals surface area contributed by atoms with E-state index < -0.39 is 17.7 Å². The molecule has 0 saturated carbocycles. The SMILES string of the molecule is COc1cccc(C2/C(=C(\O)c3ccc(Br)cc3)C(=O)C(=O)N2c2cccc(NC(C)=O)c2)c1. The van der Waals surface area contributed by atoms with Crippen molar-refractivity contribution >= 4 is 50.7 Å². The van der Waals surface area contributed by atoms with Gasteiger partial charge in [0.15, 0.2) is 0 Å². The maximum atomic E-state index is 13.3. The maximum Gasteiger partial charge on any atom is 0.300 e. The molecule has 3 aromatic carbocycles. The van der Waals surface area contributed by atoms with E-state index >= 15 is 0 Å². The van der Waals surface area contributed by atoms with Crippen molar-refractivity contribution in [2.75, 3.05) is 17.3 Å². The lowest BCUT2D eigenvalue weighted by atomic mass is 9.95. The third-order valence-corrected chi connectivity index (χ3v) is 5.94. The van der Waals surface area contributed by atoms with E-state index in [2.05, 4.69) is 21.2 Å². The minimum Gasteiger partial charge on any atom is -0.507 e. The van der Waals surface area contributed by atoms with Crippen LogP contribution < -0.4 is 15.0 Å². The van der Waals surface area contributed by atoms with Gasteiger partial charge >= 0.3 is 0 Å². The topological polar surface area (TPSA) is 95.9 Å². The predicted octanol–water partition coefficient (Wildman–Crippen LogP) is 5.04. The van der Waals surface area contributed by atoms with Crippen molar-refractivity contribution in [3.8, 4) is 5.75 Å². The van der Waals surface area contributed by atoms with Crippen LogP contribution >= 0.6 is 15.9 Å². The molecule has 34 heavy (non-hydrogen) atoms. The van der Waals surface area contributed by atoms with Gasteiger partial charge in [0.1, 0.15) is 11.5 Å². The van der Waals surface area contributed by atoms with Crippen molar-refractivity contribution in [2.24, 2.45) is 0 Å². The van der Waals surface area contributed by atoms with E-state index in [0.717, 1.165) is 4.47 Å². The number of benzene rings is 3. The summed E-state index contributed by atoms with van der Waals surface area (Å²) in [7, 11) is 1.52. The Morgan fingerprint density at radius 1 is 1.03 bits per heavy atom. The molecule has 1 fully saturated rings. The molecule has 0 radical (unpaired) electrons. The lowest BCUT2D eigenvalue weighted by molar-refractivity contribution is -0.132. The molecule has 0 aromatic heterocycles. The number of methoxy groups -OCH3 is 1. The molecule has 2 amide bonds.